The Morgan fingerprint density at radius 1 is 0.421 bits per heavy atom. The highest BCUT2D eigenvalue weighted by atomic mass is 16.7. The Morgan fingerprint density at radius 2 is 0.789 bits per heavy atom. The maximum atomic E-state index is 13.1. The molecule has 0 radical (unpaired) electrons. The van der Waals surface area contributed by atoms with Gasteiger partial charge < -0.3 is 64.2 Å². The van der Waals surface area contributed by atoms with Gasteiger partial charge in [0, 0.05) is 12.8 Å². The van der Waals surface area contributed by atoms with E-state index in [1.54, 1.807) is 0 Å². The molecular formula is C61H110O15. The van der Waals surface area contributed by atoms with Crippen molar-refractivity contribution in [1.82, 2.24) is 0 Å². The van der Waals surface area contributed by atoms with E-state index in [0.29, 0.717) is 25.7 Å². The first-order chi connectivity index (χ1) is 37.0. The van der Waals surface area contributed by atoms with Crippen molar-refractivity contribution in [2.75, 3.05) is 26.4 Å². The van der Waals surface area contributed by atoms with Crippen molar-refractivity contribution in [3.8, 4) is 0 Å². The first kappa shape index (κ1) is 69.8. The Balaban J connectivity index is 1.75. The second kappa shape index (κ2) is 47.5. The summed E-state index contributed by atoms with van der Waals surface area (Å²) in [5, 5.41) is 72.3. The maximum Gasteiger partial charge on any atom is 0.306 e. The van der Waals surface area contributed by atoms with E-state index >= 15 is 0 Å². The summed E-state index contributed by atoms with van der Waals surface area (Å²) in [7, 11) is 0. The van der Waals surface area contributed by atoms with E-state index in [0.717, 1.165) is 25.7 Å². The van der Waals surface area contributed by atoms with Crippen LogP contribution in [0.3, 0.4) is 0 Å². The lowest BCUT2D eigenvalue weighted by molar-refractivity contribution is -0.332. The molecule has 15 heteroatoms. The van der Waals surface area contributed by atoms with Gasteiger partial charge in [0.15, 0.2) is 18.7 Å². The number of hydrogen-bond donors (Lipinski definition) is 7. The van der Waals surface area contributed by atoms with E-state index in [4.69, 9.17) is 28.4 Å². The van der Waals surface area contributed by atoms with Crippen molar-refractivity contribution in [2.24, 2.45) is 0 Å². The number of rotatable bonds is 49. The first-order valence-corrected chi connectivity index (χ1v) is 30.6. The molecule has 2 rings (SSSR count). The van der Waals surface area contributed by atoms with Gasteiger partial charge in [0.05, 0.1) is 19.8 Å². The van der Waals surface area contributed by atoms with Crippen molar-refractivity contribution < 1.29 is 73.8 Å². The number of carbonyl (C=O) groups excluding carboxylic acids is 2. The lowest BCUT2D eigenvalue weighted by Gasteiger charge is -2.42. The Labute approximate surface area is 459 Å². The standard InChI is InChI=1S/C61H110O15/c1-3-5-7-9-11-13-15-17-19-21-22-23-24-25-26-28-30-32-34-36-38-40-42-44-53(64)74-49(46-71-52(63)43-41-39-37-35-33-31-29-27-20-18-16-14-12-10-8-6-4-2)47-72-60-59(70)57(68)55(66)51(76-60)48-73-61-58(69)56(67)54(65)50(45-62)75-61/h29,31,35-38,49-51,54-62,65-70H,3-28,30,32-34,39-48H2,1-2H3/b31-29+,37-35+,38-36+/t49-,50+,51+,54-,55-,56?,57?,58?,59?,60+,61+/m1/s1. The SMILES string of the molecule is CCCCCCCCCCC/C=C/C/C=C/CCCC(=O)OC[C@H](CO[C@H]1O[C@@H](CO[C@H]2O[C@@H](CO)[C@@H](O)C(O)C2O)[C@@H](O)C(O)C1O)OC(=O)CCC/C=C/CCCCCCCCCCCCCCCCCCCC. The van der Waals surface area contributed by atoms with Crippen LogP contribution in [0.1, 0.15) is 245 Å². The molecule has 2 aliphatic rings. The van der Waals surface area contributed by atoms with Gasteiger partial charge in [-0.2, -0.15) is 0 Å². The highest BCUT2D eigenvalue weighted by Gasteiger charge is 2.47. The van der Waals surface area contributed by atoms with Crippen LogP contribution in [0, 0.1) is 0 Å². The smallest absolute Gasteiger partial charge is 0.306 e. The zero-order valence-corrected chi connectivity index (χ0v) is 47.5. The fourth-order valence-electron chi connectivity index (χ4n) is 9.62. The Bertz CT molecular complexity index is 1460. The van der Waals surface area contributed by atoms with E-state index in [9.17, 15) is 45.3 Å². The van der Waals surface area contributed by atoms with Gasteiger partial charge in [0.1, 0.15) is 55.4 Å². The average Bonchev–Trinajstić information content (AvgIpc) is 3.42. The minimum atomic E-state index is -1.78. The van der Waals surface area contributed by atoms with E-state index in [-0.39, 0.29) is 19.4 Å². The molecular weight excluding hydrogens is 973 g/mol. The van der Waals surface area contributed by atoms with Gasteiger partial charge in [-0.1, -0.05) is 211 Å². The predicted octanol–water partition coefficient (Wildman–Crippen LogP) is 10.8. The van der Waals surface area contributed by atoms with E-state index in [1.807, 2.05) is 0 Å². The second-order valence-corrected chi connectivity index (χ2v) is 21.5. The number of carbonyl (C=O) groups is 2. The molecule has 0 spiro atoms. The summed E-state index contributed by atoms with van der Waals surface area (Å²) in [5.41, 5.74) is 0. The number of hydrogen-bond acceptors (Lipinski definition) is 15. The van der Waals surface area contributed by atoms with Gasteiger partial charge in [-0.3, -0.25) is 9.59 Å². The largest absolute Gasteiger partial charge is 0.462 e. The highest BCUT2D eigenvalue weighted by Crippen LogP contribution is 2.27. The van der Waals surface area contributed by atoms with E-state index in [1.165, 1.54) is 167 Å². The zero-order chi connectivity index (χ0) is 55.3. The molecule has 4 unspecified atom stereocenters. The summed E-state index contributed by atoms with van der Waals surface area (Å²) in [5.74, 6) is -1.01. The molecule has 444 valence electrons. The van der Waals surface area contributed by atoms with Crippen LogP contribution in [0.5, 0.6) is 0 Å². The summed E-state index contributed by atoms with van der Waals surface area (Å²) in [4.78, 5) is 25.9. The monoisotopic (exact) mass is 1080 g/mol. The normalized spacial score (nSPS) is 24.5. The second-order valence-electron chi connectivity index (χ2n) is 21.5. The molecule has 0 aliphatic carbocycles. The van der Waals surface area contributed by atoms with Gasteiger partial charge >= 0.3 is 11.9 Å². The molecule has 0 amide bonds. The molecule has 0 bridgehead atoms. The number of allylic oxidation sites excluding steroid dienone is 6. The van der Waals surface area contributed by atoms with Gasteiger partial charge in [-0.15, -0.1) is 0 Å². The molecule has 2 saturated heterocycles. The Hall–Kier alpha value is -2.28. The van der Waals surface area contributed by atoms with Crippen molar-refractivity contribution in [1.29, 1.82) is 0 Å². The number of aliphatic hydroxyl groups excluding tert-OH is 7. The van der Waals surface area contributed by atoms with Crippen molar-refractivity contribution >= 4 is 11.9 Å². The number of esters is 2. The van der Waals surface area contributed by atoms with Crippen LogP contribution in [-0.2, 0) is 38.0 Å². The fourth-order valence-corrected chi connectivity index (χ4v) is 9.62. The van der Waals surface area contributed by atoms with Crippen LogP contribution in [0.2, 0.25) is 0 Å². The van der Waals surface area contributed by atoms with E-state index < -0.39 is 99.3 Å². The molecule has 15 nitrogen and oxygen atoms in total. The minimum absolute atomic E-state index is 0.111. The molecule has 0 aromatic heterocycles. The highest BCUT2D eigenvalue weighted by molar-refractivity contribution is 5.70. The van der Waals surface area contributed by atoms with E-state index in [2.05, 4.69) is 50.3 Å². The molecule has 2 heterocycles. The first-order valence-electron chi connectivity index (χ1n) is 30.6. The van der Waals surface area contributed by atoms with Crippen LogP contribution in [0.25, 0.3) is 0 Å². The third-order valence-electron chi connectivity index (χ3n) is 14.6. The molecule has 0 aromatic rings. The molecule has 2 aliphatic heterocycles. The molecule has 11 atom stereocenters. The van der Waals surface area contributed by atoms with Crippen LogP contribution >= 0.6 is 0 Å². The summed E-state index contributed by atoms with van der Waals surface area (Å²) in [6.07, 6.45) is 37.6. The number of ether oxygens (including phenoxy) is 6. The molecule has 2 fully saturated rings. The molecule has 0 aromatic carbocycles. The van der Waals surface area contributed by atoms with Crippen molar-refractivity contribution in [3.63, 3.8) is 0 Å². The fraction of sp³-hybridized carbons (Fsp3) is 0.869. The van der Waals surface area contributed by atoms with Crippen LogP contribution in [0.15, 0.2) is 36.5 Å². The topological polar surface area (TPSA) is 231 Å². The Kier molecular flexibility index (Phi) is 43.7. The third-order valence-corrected chi connectivity index (χ3v) is 14.6. The summed E-state index contributed by atoms with van der Waals surface area (Å²) >= 11 is 0. The van der Waals surface area contributed by atoms with Crippen LogP contribution in [0.4, 0.5) is 0 Å². The van der Waals surface area contributed by atoms with Gasteiger partial charge in [-0.25, -0.2) is 0 Å². The van der Waals surface area contributed by atoms with Crippen molar-refractivity contribution in [2.45, 2.75) is 313 Å². The molecule has 76 heavy (non-hydrogen) atoms. The number of aliphatic hydroxyl groups is 7. The van der Waals surface area contributed by atoms with Gasteiger partial charge in [-0.05, 0) is 57.8 Å². The Morgan fingerprint density at radius 3 is 1.24 bits per heavy atom. The van der Waals surface area contributed by atoms with Crippen LogP contribution < -0.4 is 0 Å². The summed E-state index contributed by atoms with van der Waals surface area (Å²) in [6, 6.07) is 0. The van der Waals surface area contributed by atoms with Gasteiger partial charge in [0.2, 0.25) is 0 Å². The predicted molar refractivity (Wildman–Crippen MR) is 298 cm³/mol. The lowest BCUT2D eigenvalue weighted by Crippen LogP contribution is -2.61. The van der Waals surface area contributed by atoms with Crippen molar-refractivity contribution in [3.05, 3.63) is 36.5 Å². The third kappa shape index (κ3) is 34.0. The molecule has 0 saturated carbocycles. The van der Waals surface area contributed by atoms with Gasteiger partial charge in [0.25, 0.3) is 0 Å². The summed E-state index contributed by atoms with van der Waals surface area (Å²) < 4.78 is 33.6. The quantitative estimate of drug-likeness (QED) is 0.0171. The number of unbranched alkanes of at least 4 members (excludes halogenated alkanes) is 29. The maximum absolute atomic E-state index is 13.1. The van der Waals surface area contributed by atoms with Crippen LogP contribution in [-0.4, -0.2) is 142 Å². The zero-order valence-electron chi connectivity index (χ0n) is 47.5. The average molecular weight is 1080 g/mol. The minimum Gasteiger partial charge on any atom is -0.462 e. The molecule has 7 N–H and O–H groups in total. The summed E-state index contributed by atoms with van der Waals surface area (Å²) in [6.45, 7) is 2.56. The lowest BCUT2D eigenvalue weighted by atomic mass is 9.98.